The fourth-order valence-corrected chi connectivity index (χ4v) is 9.80. The van der Waals surface area contributed by atoms with Gasteiger partial charge in [-0.25, -0.2) is 0 Å². The molecule has 438 valence electrons. The number of carbonyl (C=O) groups is 3. The van der Waals surface area contributed by atoms with Crippen molar-refractivity contribution in [3.63, 3.8) is 0 Å². The predicted octanol–water partition coefficient (Wildman–Crippen LogP) is 22.6. The molecule has 0 aromatic carbocycles. The zero-order chi connectivity index (χ0) is 54.3. The van der Waals surface area contributed by atoms with Crippen LogP contribution in [-0.2, 0) is 28.6 Å². The van der Waals surface area contributed by atoms with Crippen LogP contribution in [0.3, 0.4) is 0 Å². The Labute approximate surface area is 467 Å². The maximum atomic E-state index is 12.9. The van der Waals surface area contributed by atoms with E-state index in [0.717, 1.165) is 70.6 Å². The number of ether oxygens (including phenoxy) is 3. The molecular formula is C69H126O6. The highest BCUT2D eigenvalue weighted by atomic mass is 16.6. The number of rotatable bonds is 61. The Bertz CT molecular complexity index is 1300. The van der Waals surface area contributed by atoms with Crippen LogP contribution in [0.15, 0.2) is 48.6 Å². The Morgan fingerprint density at radius 1 is 0.267 bits per heavy atom. The molecule has 6 nitrogen and oxygen atoms in total. The van der Waals surface area contributed by atoms with E-state index in [2.05, 4.69) is 69.4 Å². The van der Waals surface area contributed by atoms with Gasteiger partial charge in [0.2, 0.25) is 0 Å². The normalized spacial score (nSPS) is 12.3. The highest BCUT2D eigenvalue weighted by Crippen LogP contribution is 2.17. The van der Waals surface area contributed by atoms with Crippen LogP contribution in [0.25, 0.3) is 0 Å². The molecule has 0 saturated carbocycles. The molecule has 0 aromatic rings. The summed E-state index contributed by atoms with van der Waals surface area (Å²) in [5.41, 5.74) is 0. The first-order valence-electron chi connectivity index (χ1n) is 33.1. The van der Waals surface area contributed by atoms with Crippen molar-refractivity contribution < 1.29 is 28.6 Å². The molecule has 0 aliphatic carbocycles. The topological polar surface area (TPSA) is 78.9 Å². The van der Waals surface area contributed by atoms with Gasteiger partial charge in [0.05, 0.1) is 0 Å². The van der Waals surface area contributed by atoms with Gasteiger partial charge in [-0.2, -0.15) is 0 Å². The summed E-state index contributed by atoms with van der Waals surface area (Å²) in [5, 5.41) is 0. The molecule has 0 radical (unpaired) electrons. The molecule has 0 aliphatic heterocycles. The van der Waals surface area contributed by atoms with Crippen molar-refractivity contribution in [3.8, 4) is 0 Å². The molecule has 0 amide bonds. The molecule has 0 heterocycles. The fraction of sp³-hybridized carbons (Fsp3) is 0.841. The van der Waals surface area contributed by atoms with Crippen LogP contribution < -0.4 is 0 Å². The second kappa shape index (κ2) is 63.9. The zero-order valence-corrected chi connectivity index (χ0v) is 50.3. The van der Waals surface area contributed by atoms with Gasteiger partial charge < -0.3 is 14.2 Å². The summed E-state index contributed by atoms with van der Waals surface area (Å²) in [6.07, 6.45) is 79.8. The minimum absolute atomic E-state index is 0.0702. The largest absolute Gasteiger partial charge is 0.462 e. The second-order valence-electron chi connectivity index (χ2n) is 22.4. The van der Waals surface area contributed by atoms with Gasteiger partial charge in [-0.05, 0) is 83.5 Å². The van der Waals surface area contributed by atoms with Crippen LogP contribution in [0.5, 0.6) is 0 Å². The molecule has 0 spiro atoms. The molecule has 0 aromatic heterocycles. The fourth-order valence-electron chi connectivity index (χ4n) is 9.80. The van der Waals surface area contributed by atoms with Gasteiger partial charge in [-0.3, -0.25) is 14.4 Å². The summed E-state index contributed by atoms with van der Waals surface area (Å²) in [5.74, 6) is -0.854. The van der Waals surface area contributed by atoms with Crippen molar-refractivity contribution in [1.82, 2.24) is 0 Å². The quantitative estimate of drug-likeness (QED) is 0.0261. The summed E-state index contributed by atoms with van der Waals surface area (Å²) in [4.78, 5) is 38.3. The summed E-state index contributed by atoms with van der Waals surface area (Å²) in [7, 11) is 0. The zero-order valence-electron chi connectivity index (χ0n) is 50.3. The molecule has 75 heavy (non-hydrogen) atoms. The van der Waals surface area contributed by atoms with E-state index < -0.39 is 6.10 Å². The van der Waals surface area contributed by atoms with Crippen molar-refractivity contribution in [2.75, 3.05) is 13.2 Å². The predicted molar refractivity (Wildman–Crippen MR) is 325 cm³/mol. The lowest BCUT2D eigenvalue weighted by Crippen LogP contribution is -2.30. The van der Waals surface area contributed by atoms with Crippen LogP contribution in [0.4, 0.5) is 0 Å². The van der Waals surface area contributed by atoms with Gasteiger partial charge >= 0.3 is 17.9 Å². The molecule has 0 rings (SSSR count). The van der Waals surface area contributed by atoms with Crippen LogP contribution in [0.1, 0.15) is 355 Å². The van der Waals surface area contributed by atoms with E-state index in [9.17, 15) is 14.4 Å². The lowest BCUT2D eigenvalue weighted by Gasteiger charge is -2.18. The van der Waals surface area contributed by atoms with Crippen LogP contribution >= 0.6 is 0 Å². The highest BCUT2D eigenvalue weighted by molar-refractivity contribution is 5.71. The van der Waals surface area contributed by atoms with Gasteiger partial charge in [0, 0.05) is 19.3 Å². The van der Waals surface area contributed by atoms with E-state index in [1.54, 1.807) is 0 Å². The van der Waals surface area contributed by atoms with Gasteiger partial charge in [0.25, 0.3) is 0 Å². The number of carbonyl (C=O) groups excluding carboxylic acids is 3. The first-order chi connectivity index (χ1) is 37.0. The summed E-state index contributed by atoms with van der Waals surface area (Å²) in [6.45, 7) is 6.67. The Morgan fingerprint density at radius 3 is 0.760 bits per heavy atom. The van der Waals surface area contributed by atoms with Crippen molar-refractivity contribution in [3.05, 3.63) is 48.6 Å². The van der Waals surface area contributed by atoms with E-state index in [-0.39, 0.29) is 31.1 Å². The standard InChI is InChI=1S/C69H126O6/c1-4-7-10-13-16-19-22-24-26-28-30-31-32-33-34-35-36-37-39-40-42-44-47-50-53-56-59-62-68(71)74-65-66(64-73-67(70)61-58-55-52-49-46-21-18-15-12-9-6-3)75-69(72)63-60-57-54-51-48-45-43-41-38-29-27-25-23-20-17-14-11-8-5-2/h22,24-25,27-28,30,32-33,66H,4-21,23,26,29,31,34-65H2,1-3H3/b24-22-,27-25-,30-28-,33-32-. The van der Waals surface area contributed by atoms with Crippen LogP contribution in [0, 0.1) is 0 Å². The number of unbranched alkanes of at least 4 members (excludes halogenated alkanes) is 42. The van der Waals surface area contributed by atoms with Crippen molar-refractivity contribution in [1.29, 1.82) is 0 Å². The Hall–Kier alpha value is -2.63. The highest BCUT2D eigenvalue weighted by Gasteiger charge is 2.19. The van der Waals surface area contributed by atoms with E-state index in [0.29, 0.717) is 19.3 Å². The van der Waals surface area contributed by atoms with Crippen molar-refractivity contribution in [2.24, 2.45) is 0 Å². The third-order valence-electron chi connectivity index (χ3n) is 14.8. The molecular weight excluding hydrogens is 925 g/mol. The molecule has 1 unspecified atom stereocenters. The number of hydrogen-bond donors (Lipinski definition) is 0. The smallest absolute Gasteiger partial charge is 0.306 e. The lowest BCUT2D eigenvalue weighted by molar-refractivity contribution is -0.167. The molecule has 0 bridgehead atoms. The van der Waals surface area contributed by atoms with Gasteiger partial charge in [0.15, 0.2) is 6.10 Å². The Balaban J connectivity index is 4.21. The minimum atomic E-state index is -0.773. The summed E-state index contributed by atoms with van der Waals surface area (Å²) in [6, 6.07) is 0. The average molecular weight is 1050 g/mol. The monoisotopic (exact) mass is 1050 g/mol. The summed E-state index contributed by atoms with van der Waals surface area (Å²) >= 11 is 0. The number of esters is 3. The van der Waals surface area contributed by atoms with Crippen molar-refractivity contribution in [2.45, 2.75) is 361 Å². The van der Waals surface area contributed by atoms with Gasteiger partial charge in [0.1, 0.15) is 13.2 Å². The molecule has 0 N–H and O–H groups in total. The van der Waals surface area contributed by atoms with Crippen LogP contribution in [0.2, 0.25) is 0 Å². The molecule has 6 heteroatoms. The SMILES string of the molecule is CCCCCCC/C=C\C/C=C\C/C=C\CCCCCCCCCCCCCCC(=O)OCC(COC(=O)CCCCCCCCCCCCC)OC(=O)CCCCCCCCCCC/C=C\CCCCCCCC. The maximum absolute atomic E-state index is 12.9. The third kappa shape index (κ3) is 62.1. The number of allylic oxidation sites excluding steroid dienone is 8. The van der Waals surface area contributed by atoms with Crippen LogP contribution in [-0.4, -0.2) is 37.2 Å². The third-order valence-corrected chi connectivity index (χ3v) is 14.8. The number of hydrogen-bond acceptors (Lipinski definition) is 6. The molecule has 0 aliphatic rings. The second-order valence-corrected chi connectivity index (χ2v) is 22.4. The lowest BCUT2D eigenvalue weighted by atomic mass is 10.0. The maximum Gasteiger partial charge on any atom is 0.306 e. The van der Waals surface area contributed by atoms with Crippen molar-refractivity contribution >= 4 is 17.9 Å². The molecule has 1 atom stereocenters. The average Bonchev–Trinajstić information content (AvgIpc) is 3.41. The molecule has 0 saturated heterocycles. The first-order valence-corrected chi connectivity index (χ1v) is 33.1. The van der Waals surface area contributed by atoms with Gasteiger partial charge in [-0.15, -0.1) is 0 Å². The first kappa shape index (κ1) is 72.4. The minimum Gasteiger partial charge on any atom is -0.462 e. The van der Waals surface area contributed by atoms with E-state index >= 15 is 0 Å². The van der Waals surface area contributed by atoms with Gasteiger partial charge in [-0.1, -0.05) is 301 Å². The van der Waals surface area contributed by atoms with E-state index in [4.69, 9.17) is 14.2 Å². The Morgan fingerprint density at radius 2 is 0.480 bits per heavy atom. The summed E-state index contributed by atoms with van der Waals surface area (Å²) < 4.78 is 16.9. The Kier molecular flexibility index (Phi) is 61.7. The van der Waals surface area contributed by atoms with E-state index in [1.807, 2.05) is 0 Å². The van der Waals surface area contributed by atoms with E-state index in [1.165, 1.54) is 244 Å². The molecule has 0 fully saturated rings.